The van der Waals surface area contributed by atoms with Crippen LogP contribution in [0.1, 0.15) is 36.8 Å². The van der Waals surface area contributed by atoms with Crippen molar-refractivity contribution in [2.45, 2.75) is 44.2 Å². The molecule has 0 bridgehead atoms. The summed E-state index contributed by atoms with van der Waals surface area (Å²) in [4.78, 5) is 4.14. The van der Waals surface area contributed by atoms with Crippen molar-refractivity contribution in [1.82, 2.24) is 10.3 Å². The van der Waals surface area contributed by atoms with Crippen molar-refractivity contribution in [3.63, 3.8) is 0 Å². The molecular weight excluding hydrogens is 214 g/mol. The molecule has 4 N–H and O–H groups in total. The van der Waals surface area contributed by atoms with Crippen LogP contribution < -0.4 is 11.1 Å². The molecule has 1 saturated carbocycles. The number of aryl methyl sites for hydroxylation is 1. The zero-order valence-electron chi connectivity index (χ0n) is 10.5. The van der Waals surface area contributed by atoms with Crippen molar-refractivity contribution in [3.05, 3.63) is 23.4 Å². The van der Waals surface area contributed by atoms with Gasteiger partial charge in [-0.1, -0.05) is 0 Å². The first-order chi connectivity index (χ1) is 8.05. The third-order valence-corrected chi connectivity index (χ3v) is 3.78. The van der Waals surface area contributed by atoms with E-state index in [1.54, 1.807) is 6.20 Å². The Morgan fingerprint density at radius 3 is 2.71 bits per heavy atom. The number of hydrogen-bond donors (Lipinski definition) is 3. The van der Waals surface area contributed by atoms with Gasteiger partial charge in [-0.2, -0.15) is 0 Å². The summed E-state index contributed by atoms with van der Waals surface area (Å²) in [7, 11) is 1.97. The van der Waals surface area contributed by atoms with Gasteiger partial charge in [-0.25, -0.2) is 4.98 Å². The van der Waals surface area contributed by atoms with Crippen LogP contribution in [0.25, 0.3) is 0 Å². The first-order valence-electron chi connectivity index (χ1n) is 6.17. The molecule has 1 fully saturated rings. The van der Waals surface area contributed by atoms with E-state index in [1.165, 1.54) is 0 Å². The largest absolute Gasteiger partial charge is 0.385 e. The van der Waals surface area contributed by atoms with Crippen molar-refractivity contribution in [2.24, 2.45) is 0 Å². The topological polar surface area (TPSA) is 71.2 Å². The van der Waals surface area contributed by atoms with E-state index >= 15 is 0 Å². The summed E-state index contributed by atoms with van der Waals surface area (Å²) in [6.07, 6.45) is 5.17. The van der Waals surface area contributed by atoms with E-state index in [0.717, 1.165) is 36.8 Å². The van der Waals surface area contributed by atoms with Gasteiger partial charge in [-0.15, -0.1) is 0 Å². The Morgan fingerprint density at radius 2 is 2.12 bits per heavy atom. The van der Waals surface area contributed by atoms with Crippen LogP contribution in [0.15, 0.2) is 12.3 Å². The number of nitrogens with one attached hydrogen (secondary N) is 1. The molecule has 0 aromatic carbocycles. The molecule has 0 atom stereocenters. The van der Waals surface area contributed by atoms with Crippen molar-refractivity contribution in [2.75, 3.05) is 12.8 Å². The highest BCUT2D eigenvalue weighted by molar-refractivity contribution is 5.45. The highest BCUT2D eigenvalue weighted by Crippen LogP contribution is 2.39. The zero-order chi connectivity index (χ0) is 12.5. The fourth-order valence-electron chi connectivity index (χ4n) is 2.61. The van der Waals surface area contributed by atoms with Crippen LogP contribution in [0, 0.1) is 6.92 Å². The molecule has 0 radical (unpaired) electrons. The Bertz CT molecular complexity index is 398. The van der Waals surface area contributed by atoms with Crippen LogP contribution in [0.4, 0.5) is 5.82 Å². The number of nitrogen functional groups attached to an aromatic ring is 1. The molecule has 0 saturated heterocycles. The van der Waals surface area contributed by atoms with E-state index in [2.05, 4.69) is 10.3 Å². The maximum atomic E-state index is 10.7. The summed E-state index contributed by atoms with van der Waals surface area (Å²) in [6.45, 7) is 1.97. The minimum atomic E-state index is -0.795. The average molecular weight is 235 g/mol. The number of pyridine rings is 1. The van der Waals surface area contributed by atoms with Gasteiger partial charge in [0.2, 0.25) is 0 Å². The second-order valence-electron chi connectivity index (χ2n) is 5.04. The lowest BCUT2D eigenvalue weighted by Crippen LogP contribution is -2.38. The summed E-state index contributed by atoms with van der Waals surface area (Å²) in [6, 6.07) is 2.47. The number of rotatable bonds is 2. The second kappa shape index (κ2) is 4.63. The van der Waals surface area contributed by atoms with Crippen LogP contribution >= 0.6 is 0 Å². The van der Waals surface area contributed by atoms with Crippen LogP contribution in [0.3, 0.4) is 0 Å². The highest BCUT2D eigenvalue weighted by Gasteiger charge is 2.36. The molecule has 1 aromatic rings. The van der Waals surface area contributed by atoms with Gasteiger partial charge < -0.3 is 16.2 Å². The van der Waals surface area contributed by atoms with E-state index in [4.69, 9.17) is 5.73 Å². The molecule has 94 valence electrons. The van der Waals surface area contributed by atoms with Gasteiger partial charge in [0, 0.05) is 17.8 Å². The Labute approximate surface area is 102 Å². The van der Waals surface area contributed by atoms with Crippen LogP contribution in [-0.2, 0) is 5.60 Å². The monoisotopic (exact) mass is 235 g/mol. The quantitative estimate of drug-likeness (QED) is 0.723. The molecule has 0 unspecified atom stereocenters. The van der Waals surface area contributed by atoms with Gasteiger partial charge in [0.05, 0.1) is 5.60 Å². The number of nitrogens with two attached hydrogens (primary N) is 1. The smallest absolute Gasteiger partial charge is 0.129 e. The van der Waals surface area contributed by atoms with Gasteiger partial charge in [0.1, 0.15) is 5.82 Å². The Balaban J connectivity index is 2.24. The van der Waals surface area contributed by atoms with Gasteiger partial charge >= 0.3 is 0 Å². The average Bonchev–Trinajstić information content (AvgIpc) is 2.33. The van der Waals surface area contributed by atoms with Crippen molar-refractivity contribution in [1.29, 1.82) is 0 Å². The predicted octanol–water partition coefficient (Wildman–Crippen LogP) is 1.32. The molecule has 1 heterocycles. The first kappa shape index (κ1) is 12.3. The molecule has 4 heteroatoms. The normalized spacial score (nSPS) is 29.2. The van der Waals surface area contributed by atoms with E-state index in [0.29, 0.717) is 11.9 Å². The van der Waals surface area contributed by atoms with E-state index in [1.807, 2.05) is 20.0 Å². The first-order valence-corrected chi connectivity index (χ1v) is 6.17. The summed E-state index contributed by atoms with van der Waals surface area (Å²) in [5, 5.41) is 14.0. The predicted molar refractivity (Wildman–Crippen MR) is 68.6 cm³/mol. The molecule has 1 aromatic heterocycles. The molecule has 4 nitrogen and oxygen atoms in total. The highest BCUT2D eigenvalue weighted by atomic mass is 16.3. The molecule has 0 amide bonds. The Kier molecular flexibility index (Phi) is 3.35. The van der Waals surface area contributed by atoms with Crippen molar-refractivity contribution >= 4 is 5.82 Å². The number of hydrogen-bond acceptors (Lipinski definition) is 4. The Morgan fingerprint density at radius 1 is 1.47 bits per heavy atom. The van der Waals surface area contributed by atoms with Crippen LogP contribution in [-0.4, -0.2) is 23.2 Å². The number of aromatic nitrogens is 1. The van der Waals surface area contributed by atoms with Crippen molar-refractivity contribution < 1.29 is 5.11 Å². The van der Waals surface area contributed by atoms with E-state index < -0.39 is 5.60 Å². The third-order valence-electron chi connectivity index (χ3n) is 3.78. The minimum absolute atomic E-state index is 0.459. The molecular formula is C13H21N3O. The fraction of sp³-hybridized carbons (Fsp3) is 0.615. The van der Waals surface area contributed by atoms with Gasteiger partial charge in [0.25, 0.3) is 0 Å². The van der Waals surface area contributed by atoms with Crippen LogP contribution in [0.5, 0.6) is 0 Å². The number of anilines is 1. The van der Waals surface area contributed by atoms with Crippen LogP contribution in [0.2, 0.25) is 0 Å². The Hall–Kier alpha value is -1.13. The molecule has 17 heavy (non-hydrogen) atoms. The molecule has 1 aliphatic rings. The fourth-order valence-corrected chi connectivity index (χ4v) is 2.61. The van der Waals surface area contributed by atoms with Crippen molar-refractivity contribution in [3.8, 4) is 0 Å². The summed E-state index contributed by atoms with van der Waals surface area (Å²) in [5.74, 6) is 0.459. The zero-order valence-corrected chi connectivity index (χ0v) is 10.5. The SMILES string of the molecule is CNC1CCC(O)(c2cc(C)cnc2N)CC1. The number of aliphatic hydroxyl groups is 1. The van der Waals surface area contributed by atoms with Gasteiger partial charge in [-0.3, -0.25) is 0 Å². The molecule has 0 aliphatic heterocycles. The molecule has 1 aliphatic carbocycles. The maximum Gasteiger partial charge on any atom is 0.129 e. The summed E-state index contributed by atoms with van der Waals surface area (Å²) < 4.78 is 0. The lowest BCUT2D eigenvalue weighted by Gasteiger charge is -2.36. The third kappa shape index (κ3) is 2.42. The maximum absolute atomic E-state index is 10.7. The lowest BCUT2D eigenvalue weighted by atomic mass is 9.77. The lowest BCUT2D eigenvalue weighted by molar-refractivity contribution is -0.00722. The standard InChI is InChI=1S/C13H21N3O/c1-9-7-11(12(14)16-8-9)13(17)5-3-10(15-2)4-6-13/h7-8,10,15,17H,3-6H2,1-2H3,(H2,14,16). The molecule has 0 spiro atoms. The van der Waals surface area contributed by atoms with Gasteiger partial charge in [-0.05, 0) is 51.3 Å². The summed E-state index contributed by atoms with van der Waals surface area (Å²) >= 11 is 0. The minimum Gasteiger partial charge on any atom is -0.385 e. The van der Waals surface area contributed by atoms with Gasteiger partial charge in [0.15, 0.2) is 0 Å². The molecule has 2 rings (SSSR count). The number of nitrogens with zero attached hydrogens (tertiary/aromatic N) is 1. The van der Waals surface area contributed by atoms with E-state index in [9.17, 15) is 5.11 Å². The van der Waals surface area contributed by atoms with E-state index in [-0.39, 0.29) is 0 Å². The summed E-state index contributed by atoms with van der Waals surface area (Å²) in [5.41, 5.74) is 6.93. The second-order valence-corrected chi connectivity index (χ2v) is 5.04.